The van der Waals surface area contributed by atoms with E-state index >= 15 is 0 Å². The third-order valence-corrected chi connectivity index (χ3v) is 7.57. The molecule has 0 fully saturated rings. The highest BCUT2D eigenvalue weighted by atomic mass is 32.2. The molecule has 5 aromatic rings. The fraction of sp³-hybridized carbons (Fsp3) is 0.0385. The van der Waals surface area contributed by atoms with Crippen molar-refractivity contribution in [2.24, 2.45) is 5.14 Å². The minimum atomic E-state index is -3.88. The molecule has 198 valence electrons. The number of hydrogen-bond donors (Lipinski definition) is 2. The molecule has 0 aliphatic rings. The van der Waals surface area contributed by atoms with E-state index in [1.54, 1.807) is 18.3 Å². The van der Waals surface area contributed by atoms with Gasteiger partial charge in [0.05, 0.1) is 10.6 Å². The van der Waals surface area contributed by atoms with Gasteiger partial charge in [-0.2, -0.15) is 5.10 Å². The van der Waals surface area contributed by atoms with E-state index in [-0.39, 0.29) is 33.3 Å². The molecular formula is C26H17F3N4O4S2. The van der Waals surface area contributed by atoms with Gasteiger partial charge in [-0.05, 0) is 53.6 Å². The largest absolute Gasteiger partial charge is 0.476 e. The van der Waals surface area contributed by atoms with Crippen LogP contribution in [-0.4, -0.2) is 34.3 Å². The molecule has 5 rings (SSSR count). The van der Waals surface area contributed by atoms with Crippen LogP contribution in [-0.2, 0) is 16.4 Å². The molecular weight excluding hydrogens is 553 g/mol. The monoisotopic (exact) mass is 570 g/mol. The highest BCUT2D eigenvalue weighted by Crippen LogP contribution is 2.32. The first-order valence-electron chi connectivity index (χ1n) is 11.1. The molecule has 0 radical (unpaired) electrons. The highest BCUT2D eigenvalue weighted by Gasteiger charge is 2.19. The van der Waals surface area contributed by atoms with Crippen molar-refractivity contribution in [1.29, 1.82) is 0 Å². The van der Waals surface area contributed by atoms with Crippen LogP contribution in [0.2, 0.25) is 0 Å². The van der Waals surface area contributed by atoms with Crippen LogP contribution in [0.1, 0.15) is 21.6 Å². The van der Waals surface area contributed by atoms with Gasteiger partial charge >= 0.3 is 5.97 Å². The number of carboxylic acid groups (broad SMARTS) is 1. The molecule has 13 heteroatoms. The van der Waals surface area contributed by atoms with Gasteiger partial charge in [-0.15, -0.1) is 11.3 Å². The standard InChI is InChI=1S/C26H17F3N4O4S2/c27-20-7-4-16(10-19(20)15-3-8-21(28)22(29)11-15)24-17(9-14-1-5-18(6-2-14)39(30,36)37)12-33(32-24)26-31-23(13-38-26)25(34)35/h1-8,10-13H,9H2,(H,34,35)(H2,30,36,37). The van der Waals surface area contributed by atoms with Crippen LogP contribution in [0.3, 0.4) is 0 Å². The van der Waals surface area contributed by atoms with Gasteiger partial charge in [0.25, 0.3) is 0 Å². The molecule has 0 aliphatic carbocycles. The van der Waals surface area contributed by atoms with Crippen LogP contribution in [0.25, 0.3) is 27.5 Å². The molecule has 3 N–H and O–H groups in total. The van der Waals surface area contributed by atoms with E-state index in [1.807, 2.05) is 0 Å². The minimum Gasteiger partial charge on any atom is -0.476 e. The summed E-state index contributed by atoms with van der Waals surface area (Å²) in [5.41, 5.74) is 2.15. The summed E-state index contributed by atoms with van der Waals surface area (Å²) in [6.45, 7) is 0. The summed E-state index contributed by atoms with van der Waals surface area (Å²) in [6.07, 6.45) is 1.89. The second kappa shape index (κ2) is 10.1. The Hall–Kier alpha value is -4.33. The molecule has 2 heterocycles. The number of rotatable bonds is 7. The second-order valence-electron chi connectivity index (χ2n) is 8.46. The third kappa shape index (κ3) is 5.46. The lowest BCUT2D eigenvalue weighted by Crippen LogP contribution is -2.11. The smallest absolute Gasteiger partial charge is 0.355 e. The molecule has 0 spiro atoms. The van der Waals surface area contributed by atoms with Crippen molar-refractivity contribution in [3.8, 4) is 27.5 Å². The maximum absolute atomic E-state index is 14.8. The lowest BCUT2D eigenvalue weighted by atomic mass is 9.97. The average Bonchev–Trinajstić information content (AvgIpc) is 3.54. The summed E-state index contributed by atoms with van der Waals surface area (Å²) < 4.78 is 66.7. The fourth-order valence-corrected chi connectivity index (χ4v) is 5.16. The quantitative estimate of drug-likeness (QED) is 0.283. The van der Waals surface area contributed by atoms with Gasteiger partial charge in [0, 0.05) is 34.7 Å². The molecule has 3 aromatic carbocycles. The topological polar surface area (TPSA) is 128 Å². The normalized spacial score (nSPS) is 11.6. The van der Waals surface area contributed by atoms with E-state index in [2.05, 4.69) is 10.1 Å². The number of sulfonamides is 1. The number of halogens is 3. The van der Waals surface area contributed by atoms with Crippen LogP contribution < -0.4 is 5.14 Å². The van der Waals surface area contributed by atoms with E-state index in [0.29, 0.717) is 22.4 Å². The SMILES string of the molecule is NS(=O)(=O)c1ccc(Cc2cn(-c3nc(C(=O)O)cs3)nc2-c2ccc(F)c(-c3ccc(F)c(F)c3)c2)cc1. The van der Waals surface area contributed by atoms with E-state index in [1.165, 1.54) is 46.5 Å². The lowest BCUT2D eigenvalue weighted by molar-refractivity contribution is 0.0691. The summed E-state index contributed by atoms with van der Waals surface area (Å²) in [4.78, 5) is 15.3. The third-order valence-electron chi connectivity index (χ3n) is 5.81. The molecule has 0 saturated heterocycles. The van der Waals surface area contributed by atoms with Crippen molar-refractivity contribution in [1.82, 2.24) is 14.8 Å². The Labute approximate surface area is 223 Å². The van der Waals surface area contributed by atoms with Gasteiger partial charge in [-0.1, -0.05) is 18.2 Å². The van der Waals surface area contributed by atoms with Gasteiger partial charge in [-0.25, -0.2) is 41.2 Å². The van der Waals surface area contributed by atoms with Crippen LogP contribution in [0.4, 0.5) is 13.2 Å². The number of aromatic nitrogens is 3. The van der Waals surface area contributed by atoms with Gasteiger partial charge in [0.15, 0.2) is 17.3 Å². The van der Waals surface area contributed by atoms with E-state index in [4.69, 9.17) is 5.14 Å². The maximum atomic E-state index is 14.8. The molecule has 0 amide bonds. The highest BCUT2D eigenvalue weighted by molar-refractivity contribution is 7.89. The molecule has 0 bridgehead atoms. The zero-order chi connectivity index (χ0) is 27.9. The number of hydrogen-bond acceptors (Lipinski definition) is 6. The van der Waals surface area contributed by atoms with Gasteiger partial charge < -0.3 is 5.11 Å². The molecule has 39 heavy (non-hydrogen) atoms. The van der Waals surface area contributed by atoms with Crippen molar-refractivity contribution < 1.29 is 31.5 Å². The first-order valence-corrected chi connectivity index (χ1v) is 13.6. The van der Waals surface area contributed by atoms with Gasteiger partial charge in [-0.3, -0.25) is 0 Å². The number of aromatic carboxylic acids is 1. The Morgan fingerprint density at radius 3 is 2.28 bits per heavy atom. The van der Waals surface area contributed by atoms with Crippen LogP contribution in [0.5, 0.6) is 0 Å². The first kappa shape index (κ1) is 26.3. The number of thiazole rings is 1. The number of nitrogens with zero attached hydrogens (tertiary/aromatic N) is 3. The number of nitrogens with two attached hydrogens (primary N) is 1. The molecule has 0 aliphatic heterocycles. The summed E-state index contributed by atoms with van der Waals surface area (Å²) in [5.74, 6) is -4.04. The van der Waals surface area contributed by atoms with Gasteiger partial charge in [0.2, 0.25) is 15.2 Å². The van der Waals surface area contributed by atoms with Crippen molar-refractivity contribution in [3.63, 3.8) is 0 Å². The molecule has 2 aromatic heterocycles. The molecule has 0 unspecified atom stereocenters. The predicted octanol–water partition coefficient (Wildman–Crippen LogP) is 5.02. The Morgan fingerprint density at radius 2 is 1.64 bits per heavy atom. The Morgan fingerprint density at radius 1 is 0.949 bits per heavy atom. The van der Waals surface area contributed by atoms with Crippen molar-refractivity contribution >= 4 is 27.3 Å². The van der Waals surface area contributed by atoms with Crippen LogP contribution >= 0.6 is 11.3 Å². The Balaban J connectivity index is 1.61. The van der Waals surface area contributed by atoms with Crippen molar-refractivity contribution in [3.05, 3.63) is 107 Å². The Bertz CT molecular complexity index is 1830. The molecule has 0 saturated carbocycles. The fourth-order valence-electron chi connectivity index (χ4n) is 3.92. The van der Waals surface area contributed by atoms with Crippen molar-refractivity contribution in [2.45, 2.75) is 11.3 Å². The predicted molar refractivity (Wildman–Crippen MR) is 138 cm³/mol. The Kier molecular flexibility index (Phi) is 6.80. The number of carbonyl (C=O) groups is 1. The molecule has 0 atom stereocenters. The maximum Gasteiger partial charge on any atom is 0.355 e. The van der Waals surface area contributed by atoms with Crippen LogP contribution in [0, 0.1) is 17.5 Å². The summed E-state index contributed by atoms with van der Waals surface area (Å²) in [6, 6.07) is 13.1. The van der Waals surface area contributed by atoms with E-state index < -0.39 is 33.4 Å². The number of benzene rings is 3. The number of primary sulfonamides is 1. The molecule has 8 nitrogen and oxygen atoms in total. The van der Waals surface area contributed by atoms with E-state index in [0.717, 1.165) is 23.5 Å². The zero-order valence-corrected chi connectivity index (χ0v) is 21.3. The van der Waals surface area contributed by atoms with Crippen molar-refractivity contribution in [2.75, 3.05) is 0 Å². The lowest BCUT2D eigenvalue weighted by Gasteiger charge is -2.09. The summed E-state index contributed by atoms with van der Waals surface area (Å²) in [5, 5.41) is 20.6. The minimum absolute atomic E-state index is 0.0202. The van der Waals surface area contributed by atoms with Gasteiger partial charge in [0.1, 0.15) is 5.82 Å². The second-order valence-corrected chi connectivity index (χ2v) is 10.9. The zero-order valence-electron chi connectivity index (χ0n) is 19.7. The van der Waals surface area contributed by atoms with E-state index in [9.17, 15) is 31.5 Å². The average molecular weight is 571 g/mol. The summed E-state index contributed by atoms with van der Waals surface area (Å²) in [7, 11) is -3.88. The van der Waals surface area contributed by atoms with Crippen LogP contribution in [0.15, 0.2) is 77.1 Å². The first-order chi connectivity index (χ1) is 18.5. The number of carboxylic acids is 1. The summed E-state index contributed by atoms with van der Waals surface area (Å²) >= 11 is 1.06.